The molecule has 5 rings (SSSR count). The Morgan fingerprint density at radius 1 is 1.32 bits per heavy atom. The van der Waals surface area contributed by atoms with Crippen molar-refractivity contribution in [3.63, 3.8) is 0 Å². The van der Waals surface area contributed by atoms with Crippen LogP contribution in [0.1, 0.15) is 50.7 Å². The summed E-state index contributed by atoms with van der Waals surface area (Å²) >= 11 is 6.11. The Labute approximate surface area is 225 Å². The van der Waals surface area contributed by atoms with E-state index in [1.807, 2.05) is 13.8 Å². The van der Waals surface area contributed by atoms with Gasteiger partial charge in [-0.05, 0) is 68.4 Å². The number of hydrogen-bond donors (Lipinski definition) is 3. The second-order valence-corrected chi connectivity index (χ2v) is 11.2. The zero-order chi connectivity index (χ0) is 27.4. The first-order valence-electron chi connectivity index (χ1n) is 12.8. The molecule has 1 aromatic rings. The van der Waals surface area contributed by atoms with Crippen LogP contribution in [0.4, 0.5) is 14.9 Å². The molecular formula is C27H32ClFN4O5. The molecule has 2 aliphatic heterocycles. The molecule has 1 spiro atoms. The van der Waals surface area contributed by atoms with Gasteiger partial charge in [0.05, 0.1) is 5.03 Å². The van der Waals surface area contributed by atoms with Crippen LogP contribution < -0.4 is 10.6 Å². The highest BCUT2D eigenvalue weighted by atomic mass is 35.5. The monoisotopic (exact) mass is 546 g/mol. The highest BCUT2D eigenvalue weighted by molar-refractivity contribution is 6.31. The number of benzene rings is 1. The minimum atomic E-state index is -1.57. The fourth-order valence-corrected chi connectivity index (χ4v) is 6.69. The maximum atomic E-state index is 13.9. The van der Waals surface area contributed by atoms with Gasteiger partial charge in [-0.15, -0.1) is 0 Å². The van der Waals surface area contributed by atoms with Crippen molar-refractivity contribution in [3.8, 4) is 0 Å². The van der Waals surface area contributed by atoms with Gasteiger partial charge in [-0.3, -0.25) is 14.5 Å². The van der Waals surface area contributed by atoms with Gasteiger partial charge >= 0.3 is 6.03 Å². The summed E-state index contributed by atoms with van der Waals surface area (Å²) in [7, 11) is 1.52. The molecule has 11 heteroatoms. The van der Waals surface area contributed by atoms with Crippen molar-refractivity contribution in [1.29, 1.82) is 0 Å². The van der Waals surface area contributed by atoms with Crippen molar-refractivity contribution in [2.45, 2.75) is 70.1 Å². The number of aliphatic hydroxyl groups is 1. The quantitative estimate of drug-likeness (QED) is 0.535. The van der Waals surface area contributed by atoms with Crippen LogP contribution in [0, 0.1) is 5.41 Å². The van der Waals surface area contributed by atoms with Crippen molar-refractivity contribution in [3.05, 3.63) is 52.3 Å². The summed E-state index contributed by atoms with van der Waals surface area (Å²) in [6.07, 6.45) is 4.27. The van der Waals surface area contributed by atoms with Crippen LogP contribution in [-0.2, 0) is 26.3 Å². The van der Waals surface area contributed by atoms with Crippen LogP contribution in [0.5, 0.6) is 0 Å². The third-order valence-electron chi connectivity index (χ3n) is 8.38. The number of fused-ring (bicyclic) bond motifs is 2. The lowest BCUT2D eigenvalue weighted by atomic mass is 9.75. The molecule has 0 bridgehead atoms. The zero-order valence-electron chi connectivity index (χ0n) is 21.6. The molecular weight excluding hydrogens is 515 g/mol. The third-order valence-corrected chi connectivity index (χ3v) is 8.67. The number of amides is 4. The molecule has 0 radical (unpaired) electrons. The molecule has 5 atom stereocenters. The third kappa shape index (κ3) is 4.28. The summed E-state index contributed by atoms with van der Waals surface area (Å²) in [6.45, 7) is 3.56. The first-order valence-corrected chi connectivity index (χ1v) is 13.2. The summed E-state index contributed by atoms with van der Waals surface area (Å²) in [5.41, 5.74) is 0.0883. The number of ether oxygens (including phenoxy) is 1. The van der Waals surface area contributed by atoms with Gasteiger partial charge in [0, 0.05) is 30.2 Å². The van der Waals surface area contributed by atoms with Gasteiger partial charge in [0.25, 0.3) is 5.91 Å². The topological polar surface area (TPSA) is 111 Å². The van der Waals surface area contributed by atoms with Gasteiger partial charge < -0.3 is 25.4 Å². The van der Waals surface area contributed by atoms with Crippen LogP contribution in [0.3, 0.4) is 0 Å². The summed E-state index contributed by atoms with van der Waals surface area (Å²) < 4.78 is 19.8. The number of likely N-dealkylation sites (tertiary alicyclic amines) is 1. The molecule has 2 saturated heterocycles. The largest absolute Gasteiger partial charge is 0.351 e. The van der Waals surface area contributed by atoms with Gasteiger partial charge in [-0.25, -0.2) is 9.18 Å². The molecule has 9 nitrogen and oxygen atoms in total. The van der Waals surface area contributed by atoms with E-state index in [4.69, 9.17) is 16.3 Å². The molecule has 204 valence electrons. The molecule has 2 fully saturated rings. The number of hydrogen-bond acceptors (Lipinski definition) is 5. The Hall–Kier alpha value is -2.95. The van der Waals surface area contributed by atoms with Crippen molar-refractivity contribution < 1.29 is 28.6 Å². The van der Waals surface area contributed by atoms with E-state index in [2.05, 4.69) is 10.6 Å². The number of allylic oxidation sites excluding steroid dienone is 3. The number of aryl methyl sites for hydroxylation is 1. The standard InChI is InChI=1S/C27H32ClFN4O5/c1-15-4-7-21(26(2)10-9-20(29)19(28)13-26)33(15)22(34)14-32-23(35)27(38-25(32)37)11-8-16-12-17(5-6-18(16)27)31-24(36)30-3/h5-6,9,12-13,15,21,25,37H,4,7-8,10-11,14H2,1-3H3,(H2,30,31,36)/t15-,21-,25?,26?,27+/m0/s1. The van der Waals surface area contributed by atoms with Crippen LogP contribution >= 0.6 is 11.6 Å². The molecule has 4 amide bonds. The highest BCUT2D eigenvalue weighted by Crippen LogP contribution is 2.48. The SMILES string of the molecule is CNC(=O)Nc1ccc2c(c1)CC[C@@]21OC(O)N(CC(=O)N2[C@H](C3(C)C=C(Cl)C(F)=CC3)CC[C@@H]2C)C1=O. The van der Waals surface area contributed by atoms with Crippen molar-refractivity contribution in [2.24, 2.45) is 5.41 Å². The van der Waals surface area contributed by atoms with Crippen molar-refractivity contribution in [1.82, 2.24) is 15.1 Å². The smallest absolute Gasteiger partial charge is 0.318 e. The van der Waals surface area contributed by atoms with Crippen LogP contribution in [0.15, 0.2) is 41.2 Å². The number of halogens is 2. The molecule has 38 heavy (non-hydrogen) atoms. The minimum Gasteiger partial charge on any atom is -0.351 e. The number of aliphatic hydroxyl groups excluding tert-OH is 1. The van der Waals surface area contributed by atoms with Crippen LogP contribution in [-0.4, -0.2) is 64.8 Å². The van der Waals surface area contributed by atoms with E-state index in [0.29, 0.717) is 30.5 Å². The number of carbonyl (C=O) groups is 3. The second-order valence-electron chi connectivity index (χ2n) is 10.8. The normalized spacial score (nSPS) is 32.4. The molecule has 2 heterocycles. The lowest BCUT2D eigenvalue weighted by Gasteiger charge is -2.41. The summed E-state index contributed by atoms with van der Waals surface area (Å²) in [5.74, 6) is -1.24. The summed E-state index contributed by atoms with van der Waals surface area (Å²) in [6, 6.07) is 4.50. The van der Waals surface area contributed by atoms with E-state index in [-0.39, 0.29) is 35.6 Å². The number of urea groups is 1. The molecule has 2 aliphatic carbocycles. The van der Waals surface area contributed by atoms with Crippen molar-refractivity contribution >= 4 is 35.1 Å². The molecule has 2 unspecified atom stereocenters. The fraction of sp³-hybridized carbons (Fsp3) is 0.519. The van der Waals surface area contributed by atoms with Gasteiger partial charge in [-0.1, -0.05) is 30.7 Å². The molecule has 1 aromatic carbocycles. The maximum Gasteiger partial charge on any atom is 0.318 e. The van der Waals surface area contributed by atoms with Gasteiger partial charge in [0.2, 0.25) is 12.3 Å². The maximum absolute atomic E-state index is 13.9. The Morgan fingerprint density at radius 3 is 2.79 bits per heavy atom. The minimum absolute atomic E-state index is 0.0415. The predicted molar refractivity (Wildman–Crippen MR) is 139 cm³/mol. The Morgan fingerprint density at radius 2 is 2.08 bits per heavy atom. The first kappa shape index (κ1) is 26.6. The van der Waals surface area contributed by atoms with Gasteiger partial charge in [0.1, 0.15) is 12.4 Å². The number of anilines is 1. The average molecular weight is 547 g/mol. The Balaban J connectivity index is 1.35. The number of carbonyl (C=O) groups excluding carboxylic acids is 3. The Bertz CT molecular complexity index is 1250. The molecule has 0 saturated carbocycles. The Kier molecular flexibility index (Phi) is 6.77. The molecule has 4 aliphatic rings. The van der Waals surface area contributed by atoms with Gasteiger partial charge in [0.15, 0.2) is 5.60 Å². The van der Waals surface area contributed by atoms with Crippen LogP contribution in [0.2, 0.25) is 0 Å². The lowest BCUT2D eigenvalue weighted by Crippen LogP contribution is -2.52. The highest BCUT2D eigenvalue weighted by Gasteiger charge is 2.57. The number of nitrogens with one attached hydrogen (secondary N) is 2. The summed E-state index contributed by atoms with van der Waals surface area (Å²) in [4.78, 5) is 41.8. The van der Waals surface area contributed by atoms with E-state index in [9.17, 15) is 23.9 Å². The molecule has 3 N–H and O–H groups in total. The van der Waals surface area contributed by atoms with E-state index < -0.39 is 29.2 Å². The average Bonchev–Trinajstić information content (AvgIpc) is 3.52. The van der Waals surface area contributed by atoms with E-state index in [1.54, 1.807) is 29.2 Å². The first-order chi connectivity index (χ1) is 18.0. The molecule has 0 aromatic heterocycles. The van der Waals surface area contributed by atoms with Gasteiger partial charge in [-0.2, -0.15) is 0 Å². The van der Waals surface area contributed by atoms with E-state index in [0.717, 1.165) is 23.3 Å². The van der Waals surface area contributed by atoms with Crippen LogP contribution in [0.25, 0.3) is 0 Å². The van der Waals surface area contributed by atoms with E-state index in [1.165, 1.54) is 13.1 Å². The van der Waals surface area contributed by atoms with E-state index >= 15 is 0 Å². The zero-order valence-corrected chi connectivity index (χ0v) is 22.3. The number of rotatable bonds is 4. The fourth-order valence-electron chi connectivity index (χ4n) is 6.37. The second kappa shape index (κ2) is 9.66. The number of nitrogens with zero attached hydrogens (tertiary/aromatic N) is 2. The summed E-state index contributed by atoms with van der Waals surface area (Å²) in [5, 5.41) is 16.0. The predicted octanol–water partition coefficient (Wildman–Crippen LogP) is 3.48. The lowest BCUT2D eigenvalue weighted by molar-refractivity contribution is -0.182. The van der Waals surface area contributed by atoms with Crippen molar-refractivity contribution in [2.75, 3.05) is 18.9 Å².